The molecule has 0 saturated heterocycles. The maximum Gasteiger partial charge on any atom is 0.0640 e. The highest BCUT2D eigenvalue weighted by Gasteiger charge is 2.25. The molecule has 3 heterocycles. The van der Waals surface area contributed by atoms with E-state index >= 15 is 0 Å². The molecule has 94 heavy (non-hydrogen) atoms. The average molecular weight is 1380 g/mol. The molecule has 0 bridgehead atoms. The van der Waals surface area contributed by atoms with Crippen LogP contribution in [0.4, 0.5) is 34.1 Å². The Morgan fingerprint density at radius 3 is 1.01 bits per heavy atom. The Hall–Kier alpha value is -9.96. The number of rotatable bonds is 8. The van der Waals surface area contributed by atoms with Crippen LogP contribution in [0.15, 0.2) is 324 Å². The summed E-state index contributed by atoms with van der Waals surface area (Å²) in [6.07, 6.45) is 1.00. The second-order valence-corrected chi connectivity index (χ2v) is 28.9. The normalized spacial score (nSPS) is 11.8. The maximum atomic E-state index is 3.65. The first-order valence-electron chi connectivity index (χ1n) is 31.6. The van der Waals surface area contributed by atoms with E-state index in [4.69, 9.17) is 0 Å². The van der Waals surface area contributed by atoms with Gasteiger partial charge in [0.2, 0.25) is 0 Å². The van der Waals surface area contributed by atoms with Crippen LogP contribution in [0.2, 0.25) is 0 Å². The molecule has 3 aromatic heterocycles. The summed E-state index contributed by atoms with van der Waals surface area (Å²) in [5.74, 6) is 0. The Kier molecular flexibility index (Phi) is 14.2. The van der Waals surface area contributed by atoms with Gasteiger partial charge >= 0.3 is 0 Å². The summed E-state index contributed by atoms with van der Waals surface area (Å²) >= 11 is 13.0. The minimum atomic E-state index is 1.00. The van der Waals surface area contributed by atoms with Gasteiger partial charge in [-0.25, -0.2) is 0 Å². The number of halogens is 2. The number of hydrogen-bond acceptors (Lipinski definition) is 5. The van der Waals surface area contributed by atoms with Gasteiger partial charge in [0.25, 0.3) is 0 Å². The number of fused-ring (bicyclic) bond motifs is 9. The molecule has 0 atom stereocenters. The summed E-state index contributed by atoms with van der Waals surface area (Å²) in [4.78, 5) is 4.95. The molecule has 0 fully saturated rings. The summed E-state index contributed by atoms with van der Waals surface area (Å²) < 4.78 is 10.3. The molecule has 0 N–H and O–H groups in total. The number of thiophene rings is 3. The van der Waals surface area contributed by atoms with Crippen LogP contribution < -0.4 is 9.80 Å². The summed E-state index contributed by atoms with van der Waals surface area (Å²) in [6, 6.07) is 115. The van der Waals surface area contributed by atoms with Crippen LogP contribution in [-0.4, -0.2) is 0 Å². The van der Waals surface area contributed by atoms with Crippen molar-refractivity contribution in [2.75, 3.05) is 9.80 Å². The first-order valence-corrected chi connectivity index (χ1v) is 35.7. The zero-order valence-electron chi connectivity index (χ0n) is 50.6. The third-order valence-corrected chi connectivity index (χ3v) is 23.7. The Labute approximate surface area is 572 Å². The van der Waals surface area contributed by atoms with E-state index in [0.717, 1.165) is 26.7 Å². The predicted octanol–water partition coefficient (Wildman–Crippen LogP) is 28.0. The highest BCUT2D eigenvalue weighted by Crippen LogP contribution is 2.52. The zero-order chi connectivity index (χ0) is 62.4. The molecule has 7 heteroatoms. The van der Waals surface area contributed by atoms with Crippen LogP contribution in [0.1, 0.15) is 11.1 Å². The molecule has 17 aromatic carbocycles. The minimum Gasteiger partial charge on any atom is -0.308 e. The second kappa shape index (κ2) is 23.6. The molecule has 0 unspecified atom stereocenters. The molecule has 444 valence electrons. The average Bonchev–Trinajstić information content (AvgIpc) is 0.876. The smallest absolute Gasteiger partial charge is 0.0640 e. The lowest BCUT2D eigenvalue weighted by Crippen LogP contribution is -2.11. The molecule has 0 aliphatic rings. The number of para-hydroxylation sites is 2. The first kappa shape index (κ1) is 56.8. The van der Waals surface area contributed by atoms with Gasteiger partial charge in [0.15, 0.2) is 0 Å². The van der Waals surface area contributed by atoms with Crippen molar-refractivity contribution in [1.29, 1.82) is 0 Å². The third kappa shape index (κ3) is 9.59. The number of benzene rings is 17. The predicted molar refractivity (Wildman–Crippen MR) is 419 cm³/mol. The fourth-order valence-electron chi connectivity index (χ4n) is 14.4. The van der Waals surface area contributed by atoms with Gasteiger partial charge in [0.1, 0.15) is 0 Å². The van der Waals surface area contributed by atoms with Crippen molar-refractivity contribution in [3.05, 3.63) is 336 Å². The van der Waals surface area contributed by atoms with Crippen molar-refractivity contribution in [2.24, 2.45) is 0 Å². The van der Waals surface area contributed by atoms with Gasteiger partial charge in [-0.2, -0.15) is 0 Å². The quantitative estimate of drug-likeness (QED) is 0.140. The Morgan fingerprint density at radius 2 is 0.564 bits per heavy atom. The Morgan fingerprint density at radius 1 is 0.234 bits per heavy atom. The van der Waals surface area contributed by atoms with Crippen molar-refractivity contribution in [3.8, 4) is 0 Å². The standard InChI is InChI=1S/C52H32N2S2.C19H14S.C16H8Br2/c1-3-13-35(14-4-1)53(45-21-11-19-39-37-17-7-9-23-47(37)55-51(39)45)43-31-27-33-26-30-42-44(32-28-34-25-29-41(43)49(33)50(34)42)54(36-15-5-2-6-16-36)46-22-12-20-40-38-18-8-10-24-48(38)56-52(40)46;1-2-7-14(8-3-1)13-15-9-6-11-17-16-10-4-5-12-18(16)20-19(15)17;17-13-8-4-10-2-6-12-14(18)7-3-9-1-5-11(13)16(10)15(9)12/h1-32H;1-12H,13H2;1-8H. The molecule has 0 aliphatic carbocycles. The largest absolute Gasteiger partial charge is 0.308 e. The van der Waals surface area contributed by atoms with Crippen molar-refractivity contribution in [1.82, 2.24) is 0 Å². The molecule has 0 amide bonds. The van der Waals surface area contributed by atoms with Crippen LogP contribution in [-0.2, 0) is 6.42 Å². The van der Waals surface area contributed by atoms with Gasteiger partial charge < -0.3 is 9.80 Å². The molecular weight excluding hydrogens is 1330 g/mol. The van der Waals surface area contributed by atoms with Crippen LogP contribution in [0, 0.1) is 0 Å². The van der Waals surface area contributed by atoms with Crippen molar-refractivity contribution in [3.63, 3.8) is 0 Å². The van der Waals surface area contributed by atoms with Gasteiger partial charge in [0.05, 0.1) is 32.1 Å². The van der Waals surface area contributed by atoms with E-state index in [1.807, 2.05) is 34.0 Å². The van der Waals surface area contributed by atoms with Crippen LogP contribution >= 0.6 is 65.9 Å². The molecule has 0 saturated carbocycles. The Balaban J connectivity index is 0.000000137. The number of anilines is 6. The highest BCUT2D eigenvalue weighted by molar-refractivity contribution is 9.11. The van der Waals surface area contributed by atoms with Crippen molar-refractivity contribution in [2.45, 2.75) is 6.42 Å². The molecule has 20 rings (SSSR count). The van der Waals surface area contributed by atoms with Crippen LogP contribution in [0.5, 0.6) is 0 Å². The van der Waals surface area contributed by atoms with E-state index in [0.29, 0.717) is 0 Å². The third-order valence-electron chi connectivity index (χ3n) is 18.7. The molecule has 2 nitrogen and oxygen atoms in total. The fourth-order valence-corrected chi connectivity index (χ4v) is 19.0. The van der Waals surface area contributed by atoms with E-state index in [9.17, 15) is 0 Å². The highest BCUT2D eigenvalue weighted by atomic mass is 79.9. The van der Waals surface area contributed by atoms with Gasteiger partial charge in [0, 0.05) is 82.2 Å². The lowest BCUT2D eigenvalue weighted by Gasteiger charge is -2.29. The van der Waals surface area contributed by atoms with E-state index in [2.05, 4.69) is 357 Å². The second-order valence-electron chi connectivity index (χ2n) is 24.0. The van der Waals surface area contributed by atoms with Gasteiger partial charge in [-0.05, 0) is 150 Å². The molecule has 0 aliphatic heterocycles. The lowest BCUT2D eigenvalue weighted by molar-refractivity contribution is 1.22. The fraction of sp³-hybridized carbons (Fsp3) is 0.0115. The van der Waals surface area contributed by atoms with E-state index in [1.54, 1.807) is 0 Å². The first-order chi connectivity index (χ1) is 46.5. The summed E-state index contributed by atoms with van der Waals surface area (Å²) in [5, 5.41) is 23.3. The number of nitrogens with zero attached hydrogens (tertiary/aromatic N) is 2. The van der Waals surface area contributed by atoms with Gasteiger partial charge in [-0.15, -0.1) is 34.0 Å². The van der Waals surface area contributed by atoms with Gasteiger partial charge in [-0.1, -0.05) is 268 Å². The molecule has 0 radical (unpaired) electrons. The monoisotopic (exact) mass is 1380 g/mol. The van der Waals surface area contributed by atoms with Crippen LogP contribution in [0.25, 0.3) is 125 Å². The van der Waals surface area contributed by atoms with E-state index < -0.39 is 0 Å². The van der Waals surface area contributed by atoms with E-state index in [1.165, 1.54) is 159 Å². The van der Waals surface area contributed by atoms with Gasteiger partial charge in [-0.3, -0.25) is 0 Å². The van der Waals surface area contributed by atoms with Crippen molar-refractivity contribution < 1.29 is 0 Å². The topological polar surface area (TPSA) is 6.48 Å². The zero-order valence-corrected chi connectivity index (χ0v) is 56.2. The van der Waals surface area contributed by atoms with E-state index in [-0.39, 0.29) is 0 Å². The Bertz CT molecular complexity index is 5950. The summed E-state index contributed by atoms with van der Waals surface area (Å²) in [5.41, 5.74) is 9.80. The SMILES string of the molecule is Brc1ccc2ccc3c(Br)ccc4ccc1c2c43.c1ccc(Cc2cccc3c2sc2ccccc23)cc1.c1ccc(N(c2ccc3ccc4c(N(c5ccccc5)c5cccc6c5sc5ccccc56)ccc5ccc2c3c54)c2cccc3c2sc2ccccc23)cc1. The lowest BCUT2D eigenvalue weighted by atomic mass is 9.91. The number of hydrogen-bond donors (Lipinski definition) is 0. The van der Waals surface area contributed by atoms with Crippen LogP contribution in [0.3, 0.4) is 0 Å². The van der Waals surface area contributed by atoms with Crippen molar-refractivity contribution >= 4 is 225 Å². The molecule has 0 spiro atoms. The summed E-state index contributed by atoms with van der Waals surface area (Å²) in [6.45, 7) is 0. The summed E-state index contributed by atoms with van der Waals surface area (Å²) in [7, 11) is 0. The molecular formula is C87H54Br2N2S3. The maximum absolute atomic E-state index is 3.65. The molecule has 20 aromatic rings. The minimum absolute atomic E-state index is 1.00.